The normalized spacial score (nSPS) is 10.2. The van der Waals surface area contributed by atoms with Crippen molar-refractivity contribution in [3.8, 4) is 6.07 Å². The Morgan fingerprint density at radius 2 is 2.11 bits per heavy atom. The topological polar surface area (TPSA) is 48.7 Å². The highest BCUT2D eigenvalue weighted by Gasteiger charge is 2.02. The highest BCUT2D eigenvalue weighted by Crippen LogP contribution is 2.16. The minimum absolute atomic E-state index is 0.505. The second-order valence-corrected chi connectivity index (χ2v) is 5.20. The van der Waals surface area contributed by atoms with E-state index < -0.39 is 0 Å². The maximum Gasteiger partial charge on any atom is 0.144 e. The van der Waals surface area contributed by atoms with Gasteiger partial charge in [0.1, 0.15) is 11.8 Å². The van der Waals surface area contributed by atoms with Gasteiger partial charge in [-0.15, -0.1) is 11.3 Å². The first-order valence-corrected chi connectivity index (χ1v) is 6.77. The zero-order chi connectivity index (χ0) is 12.8. The molecule has 3 nitrogen and oxygen atoms in total. The van der Waals surface area contributed by atoms with Crippen LogP contribution in [0.1, 0.15) is 27.9 Å². The zero-order valence-electron chi connectivity index (χ0n) is 10.3. The number of thiophene rings is 1. The summed E-state index contributed by atoms with van der Waals surface area (Å²) in [5.74, 6) is 0. The predicted molar refractivity (Wildman–Crippen MR) is 73.2 cm³/mol. The van der Waals surface area contributed by atoms with Crippen molar-refractivity contribution in [2.24, 2.45) is 0 Å². The number of nitrogens with zero attached hydrogens (tertiary/aromatic N) is 2. The fourth-order valence-corrected chi connectivity index (χ4v) is 2.64. The smallest absolute Gasteiger partial charge is 0.144 e. The third kappa shape index (κ3) is 3.16. The molecule has 2 heterocycles. The van der Waals surface area contributed by atoms with E-state index in [2.05, 4.69) is 35.4 Å². The number of hydrogen-bond acceptors (Lipinski definition) is 4. The molecule has 0 unspecified atom stereocenters. The number of pyridine rings is 1. The molecule has 92 valence electrons. The maximum atomic E-state index is 8.93. The van der Waals surface area contributed by atoms with E-state index >= 15 is 0 Å². The lowest BCUT2D eigenvalue weighted by Gasteiger charge is -2.04. The highest BCUT2D eigenvalue weighted by atomic mass is 32.1. The van der Waals surface area contributed by atoms with Gasteiger partial charge in [-0.3, -0.25) is 0 Å². The fraction of sp³-hybridized carbons (Fsp3) is 0.286. The lowest BCUT2D eigenvalue weighted by Crippen LogP contribution is -2.13. The van der Waals surface area contributed by atoms with Gasteiger partial charge in [-0.1, -0.05) is 13.0 Å². The van der Waals surface area contributed by atoms with Crippen LogP contribution in [0.5, 0.6) is 0 Å². The minimum Gasteiger partial charge on any atom is -0.308 e. The number of hydrogen-bond donors (Lipinski definition) is 1. The number of aromatic nitrogens is 1. The van der Waals surface area contributed by atoms with Gasteiger partial charge in [0.25, 0.3) is 0 Å². The molecule has 2 aromatic rings. The van der Waals surface area contributed by atoms with Crippen molar-refractivity contribution in [3.63, 3.8) is 0 Å². The molecule has 0 aromatic carbocycles. The second-order valence-electron chi connectivity index (χ2n) is 3.95. The summed E-state index contributed by atoms with van der Waals surface area (Å²) < 4.78 is 0. The number of nitriles is 1. The summed E-state index contributed by atoms with van der Waals surface area (Å²) in [7, 11) is 0. The molecule has 2 rings (SSSR count). The summed E-state index contributed by atoms with van der Waals surface area (Å²) in [5.41, 5.74) is 1.46. The molecule has 0 bridgehead atoms. The predicted octanol–water partition coefficient (Wildman–Crippen LogP) is 2.87. The standard InChI is InChI=1S/C14H15N3S/c1-2-12-5-6-13(18-12)10-16-9-11-4-3-7-17-14(11)8-15/h3-7,16H,2,9-10H2,1H3. The quantitative estimate of drug-likeness (QED) is 0.896. The molecule has 0 radical (unpaired) electrons. The van der Waals surface area contributed by atoms with Crippen LogP contribution >= 0.6 is 11.3 Å². The second kappa shape index (κ2) is 6.29. The van der Waals surface area contributed by atoms with Gasteiger partial charge in [0.2, 0.25) is 0 Å². The molecular weight excluding hydrogens is 242 g/mol. The number of aryl methyl sites for hydroxylation is 1. The zero-order valence-corrected chi connectivity index (χ0v) is 11.1. The molecule has 0 spiro atoms. The molecule has 0 aliphatic carbocycles. The molecular formula is C14H15N3S. The Hall–Kier alpha value is -1.70. The monoisotopic (exact) mass is 257 g/mol. The Kier molecular flexibility index (Phi) is 4.46. The van der Waals surface area contributed by atoms with Crippen LogP contribution in [0.25, 0.3) is 0 Å². The molecule has 4 heteroatoms. The third-order valence-electron chi connectivity index (χ3n) is 2.68. The summed E-state index contributed by atoms with van der Waals surface area (Å²) in [5, 5.41) is 12.3. The van der Waals surface area contributed by atoms with Crippen LogP contribution in [-0.2, 0) is 19.5 Å². The third-order valence-corrected chi connectivity index (χ3v) is 3.91. The van der Waals surface area contributed by atoms with Crippen LogP contribution in [0.4, 0.5) is 0 Å². The summed E-state index contributed by atoms with van der Waals surface area (Å²) >= 11 is 1.83. The van der Waals surface area contributed by atoms with Crippen LogP contribution < -0.4 is 5.32 Å². The number of rotatable bonds is 5. The molecule has 1 N–H and O–H groups in total. The van der Waals surface area contributed by atoms with Gasteiger partial charge in [-0.25, -0.2) is 4.98 Å². The Labute approximate surface area is 111 Å². The van der Waals surface area contributed by atoms with Gasteiger partial charge in [-0.05, 0) is 24.6 Å². The summed E-state index contributed by atoms with van der Waals surface area (Å²) in [6.45, 7) is 3.68. The first-order valence-electron chi connectivity index (χ1n) is 5.95. The van der Waals surface area contributed by atoms with E-state index in [1.54, 1.807) is 6.20 Å². The first kappa shape index (κ1) is 12.7. The summed E-state index contributed by atoms with van der Waals surface area (Å²) in [4.78, 5) is 6.78. The van der Waals surface area contributed by atoms with E-state index in [1.807, 2.05) is 23.5 Å². The van der Waals surface area contributed by atoms with Crippen molar-refractivity contribution in [1.82, 2.24) is 10.3 Å². The van der Waals surface area contributed by atoms with Crippen molar-refractivity contribution in [3.05, 3.63) is 51.5 Å². The van der Waals surface area contributed by atoms with E-state index in [4.69, 9.17) is 5.26 Å². The molecule has 2 aromatic heterocycles. The lowest BCUT2D eigenvalue weighted by molar-refractivity contribution is 0.697. The van der Waals surface area contributed by atoms with E-state index in [1.165, 1.54) is 9.75 Å². The average Bonchev–Trinajstić information content (AvgIpc) is 2.87. The van der Waals surface area contributed by atoms with Gasteiger partial charge in [-0.2, -0.15) is 5.26 Å². The van der Waals surface area contributed by atoms with Gasteiger partial charge >= 0.3 is 0 Å². The first-order chi connectivity index (χ1) is 8.83. The average molecular weight is 257 g/mol. The van der Waals surface area contributed by atoms with Crippen molar-refractivity contribution < 1.29 is 0 Å². The van der Waals surface area contributed by atoms with Crippen LogP contribution in [0.3, 0.4) is 0 Å². The summed E-state index contributed by atoms with van der Waals surface area (Å²) in [6, 6.07) is 10.2. The Morgan fingerprint density at radius 3 is 2.83 bits per heavy atom. The van der Waals surface area contributed by atoms with Crippen LogP contribution in [0.2, 0.25) is 0 Å². The van der Waals surface area contributed by atoms with Crippen molar-refractivity contribution in [1.29, 1.82) is 5.26 Å². The van der Waals surface area contributed by atoms with Gasteiger partial charge in [0.15, 0.2) is 0 Å². The van der Waals surface area contributed by atoms with Crippen molar-refractivity contribution in [2.45, 2.75) is 26.4 Å². The Balaban J connectivity index is 1.90. The van der Waals surface area contributed by atoms with E-state index in [9.17, 15) is 0 Å². The molecule has 0 fully saturated rings. The molecule has 0 saturated carbocycles. The van der Waals surface area contributed by atoms with Gasteiger partial charge in [0.05, 0.1) is 0 Å². The Morgan fingerprint density at radius 1 is 1.28 bits per heavy atom. The van der Waals surface area contributed by atoms with Crippen LogP contribution in [-0.4, -0.2) is 4.98 Å². The van der Waals surface area contributed by atoms with Crippen molar-refractivity contribution in [2.75, 3.05) is 0 Å². The largest absolute Gasteiger partial charge is 0.308 e. The van der Waals surface area contributed by atoms with Crippen LogP contribution in [0.15, 0.2) is 30.5 Å². The molecule has 18 heavy (non-hydrogen) atoms. The SMILES string of the molecule is CCc1ccc(CNCc2cccnc2C#N)s1. The highest BCUT2D eigenvalue weighted by molar-refractivity contribution is 7.11. The molecule has 0 atom stereocenters. The van der Waals surface area contributed by atoms with E-state index in [0.717, 1.165) is 18.5 Å². The van der Waals surface area contributed by atoms with Crippen LogP contribution in [0, 0.1) is 11.3 Å². The number of nitrogens with one attached hydrogen (secondary N) is 1. The minimum atomic E-state index is 0.505. The molecule has 0 aliphatic rings. The van der Waals surface area contributed by atoms with E-state index in [-0.39, 0.29) is 0 Å². The molecule has 0 saturated heterocycles. The summed E-state index contributed by atoms with van der Waals surface area (Å²) in [6.07, 6.45) is 2.74. The van der Waals surface area contributed by atoms with Gasteiger partial charge < -0.3 is 5.32 Å². The lowest BCUT2D eigenvalue weighted by atomic mass is 10.2. The molecule has 0 aliphatic heterocycles. The van der Waals surface area contributed by atoms with Crippen molar-refractivity contribution >= 4 is 11.3 Å². The van der Waals surface area contributed by atoms with E-state index in [0.29, 0.717) is 12.2 Å². The van der Waals surface area contributed by atoms with Gasteiger partial charge in [0, 0.05) is 34.6 Å². The Bertz CT molecular complexity index is 554. The molecule has 0 amide bonds. The fourth-order valence-electron chi connectivity index (χ4n) is 1.71. The maximum absolute atomic E-state index is 8.93.